The fourth-order valence-electron chi connectivity index (χ4n) is 3.36. The van der Waals surface area contributed by atoms with Crippen LogP contribution in [0.15, 0.2) is 64.0 Å². The number of aryl methyl sites for hydroxylation is 1. The van der Waals surface area contributed by atoms with Gasteiger partial charge >= 0.3 is 5.97 Å². The Morgan fingerprint density at radius 3 is 2.47 bits per heavy atom. The average molecular weight is 490 g/mol. The van der Waals surface area contributed by atoms with Gasteiger partial charge in [-0.2, -0.15) is 4.31 Å². The van der Waals surface area contributed by atoms with Gasteiger partial charge in [-0.05, 0) is 59.7 Å². The summed E-state index contributed by atoms with van der Waals surface area (Å²) in [5.41, 5.74) is 0.762. The molecule has 1 saturated heterocycles. The lowest BCUT2D eigenvalue weighted by atomic mass is 10.1. The molecule has 0 aromatic heterocycles. The number of esters is 1. The van der Waals surface area contributed by atoms with Crippen molar-refractivity contribution in [2.45, 2.75) is 11.8 Å². The number of fused-ring (bicyclic) bond motifs is 1. The SMILES string of the molecule is Cc1ccc(C(=O)Oc2ccc3cc(Br)ccc3c2)cc1S(=O)(=O)N1CCOCC1. The Morgan fingerprint density at radius 2 is 1.70 bits per heavy atom. The van der Waals surface area contributed by atoms with Gasteiger partial charge in [0.15, 0.2) is 0 Å². The van der Waals surface area contributed by atoms with Crippen molar-refractivity contribution in [3.05, 3.63) is 70.2 Å². The molecule has 0 radical (unpaired) electrons. The number of nitrogens with zero attached hydrogens (tertiary/aromatic N) is 1. The summed E-state index contributed by atoms with van der Waals surface area (Å²) in [6.45, 7) is 3.02. The van der Waals surface area contributed by atoms with Crippen molar-refractivity contribution in [2.75, 3.05) is 26.3 Å². The molecule has 6 nitrogen and oxygen atoms in total. The number of sulfonamides is 1. The third-order valence-corrected chi connectivity index (χ3v) is 7.53. The summed E-state index contributed by atoms with van der Waals surface area (Å²) in [5, 5.41) is 1.95. The van der Waals surface area contributed by atoms with Gasteiger partial charge in [-0.1, -0.05) is 34.1 Å². The van der Waals surface area contributed by atoms with Gasteiger partial charge in [0.1, 0.15) is 5.75 Å². The standard InChI is InChI=1S/C22H20BrNO5S/c1-15-2-3-18(14-21(15)30(26,27)24-8-10-28-11-9-24)22(25)29-20-7-5-16-12-19(23)6-4-17(16)13-20/h2-7,12-14H,8-11H2,1H3. The number of morpholine rings is 1. The molecule has 0 unspecified atom stereocenters. The van der Waals surface area contributed by atoms with Gasteiger partial charge in [-0.15, -0.1) is 0 Å². The molecular formula is C22H20BrNO5S. The number of ether oxygens (including phenoxy) is 2. The number of halogens is 1. The number of hydrogen-bond donors (Lipinski definition) is 0. The first-order valence-corrected chi connectivity index (χ1v) is 11.7. The maximum atomic E-state index is 13.0. The molecule has 0 atom stereocenters. The molecule has 3 aromatic carbocycles. The maximum absolute atomic E-state index is 13.0. The van der Waals surface area contributed by atoms with Gasteiger partial charge in [-0.3, -0.25) is 0 Å². The van der Waals surface area contributed by atoms with E-state index in [0.29, 0.717) is 37.6 Å². The number of rotatable bonds is 4. The average Bonchev–Trinajstić information content (AvgIpc) is 2.74. The maximum Gasteiger partial charge on any atom is 0.343 e. The minimum atomic E-state index is -3.71. The number of carbonyl (C=O) groups is 1. The second kappa shape index (κ2) is 8.47. The van der Waals surface area contributed by atoms with Gasteiger partial charge < -0.3 is 9.47 Å². The molecule has 1 aliphatic rings. The summed E-state index contributed by atoms with van der Waals surface area (Å²) >= 11 is 3.43. The molecule has 30 heavy (non-hydrogen) atoms. The topological polar surface area (TPSA) is 72.9 Å². The van der Waals surface area contributed by atoms with Crippen LogP contribution in [-0.4, -0.2) is 45.0 Å². The lowest BCUT2D eigenvalue weighted by Gasteiger charge is -2.26. The number of carbonyl (C=O) groups excluding carboxylic acids is 1. The van der Waals surface area contributed by atoms with Crippen molar-refractivity contribution in [2.24, 2.45) is 0 Å². The monoisotopic (exact) mass is 489 g/mol. The van der Waals surface area contributed by atoms with Crippen LogP contribution < -0.4 is 4.74 Å². The molecule has 0 aliphatic carbocycles. The highest BCUT2D eigenvalue weighted by atomic mass is 79.9. The normalized spacial score (nSPS) is 15.3. The first kappa shape index (κ1) is 21.0. The highest BCUT2D eigenvalue weighted by Gasteiger charge is 2.28. The molecule has 1 fully saturated rings. The van der Waals surface area contributed by atoms with Crippen LogP contribution in [0.5, 0.6) is 5.75 Å². The lowest BCUT2D eigenvalue weighted by molar-refractivity contribution is 0.0727. The van der Waals surface area contributed by atoms with Crippen molar-refractivity contribution < 1.29 is 22.7 Å². The molecule has 0 spiro atoms. The quantitative estimate of drug-likeness (QED) is 0.406. The fourth-order valence-corrected chi connectivity index (χ4v) is 5.39. The van der Waals surface area contributed by atoms with E-state index in [9.17, 15) is 13.2 Å². The van der Waals surface area contributed by atoms with Gasteiger partial charge in [0.2, 0.25) is 10.0 Å². The molecule has 4 rings (SSSR count). The van der Waals surface area contributed by atoms with Crippen LogP contribution in [0.25, 0.3) is 10.8 Å². The summed E-state index contributed by atoms with van der Waals surface area (Å²) in [4.78, 5) is 12.8. The van der Waals surface area contributed by atoms with Gasteiger partial charge in [0, 0.05) is 17.6 Å². The van der Waals surface area contributed by atoms with E-state index >= 15 is 0 Å². The Morgan fingerprint density at radius 1 is 1.00 bits per heavy atom. The number of hydrogen-bond acceptors (Lipinski definition) is 5. The Bertz CT molecular complexity index is 1220. The van der Waals surface area contributed by atoms with Crippen LogP contribution in [-0.2, 0) is 14.8 Å². The third kappa shape index (κ3) is 4.27. The Hall–Kier alpha value is -2.26. The number of benzene rings is 3. The Balaban J connectivity index is 1.60. The van der Waals surface area contributed by atoms with Crippen LogP contribution in [0.2, 0.25) is 0 Å². The second-order valence-corrected chi connectivity index (χ2v) is 9.86. The summed E-state index contributed by atoms with van der Waals surface area (Å²) in [6, 6.07) is 15.8. The van der Waals surface area contributed by atoms with E-state index in [4.69, 9.17) is 9.47 Å². The smallest absolute Gasteiger partial charge is 0.343 e. The zero-order valence-corrected chi connectivity index (χ0v) is 18.7. The van der Waals surface area contributed by atoms with Crippen molar-refractivity contribution in [3.8, 4) is 5.75 Å². The fraction of sp³-hybridized carbons (Fsp3) is 0.227. The zero-order chi connectivity index (χ0) is 21.3. The Labute approximate surface area is 183 Å². The van der Waals surface area contributed by atoms with Crippen LogP contribution in [0, 0.1) is 6.92 Å². The van der Waals surface area contributed by atoms with E-state index in [2.05, 4.69) is 15.9 Å². The first-order valence-electron chi connectivity index (χ1n) is 9.45. The molecule has 156 valence electrons. The summed E-state index contributed by atoms with van der Waals surface area (Å²) < 4.78 is 39.2. The molecule has 3 aromatic rings. The highest BCUT2D eigenvalue weighted by molar-refractivity contribution is 9.10. The minimum Gasteiger partial charge on any atom is -0.423 e. The molecule has 0 N–H and O–H groups in total. The van der Waals surface area contributed by atoms with Crippen molar-refractivity contribution >= 4 is 42.7 Å². The van der Waals surface area contributed by atoms with E-state index in [1.807, 2.05) is 24.3 Å². The first-order chi connectivity index (χ1) is 14.3. The third-order valence-electron chi connectivity index (χ3n) is 5.00. The van der Waals surface area contributed by atoms with Gasteiger partial charge in [0.25, 0.3) is 0 Å². The molecular weight excluding hydrogens is 470 g/mol. The van der Waals surface area contributed by atoms with Crippen molar-refractivity contribution in [3.63, 3.8) is 0 Å². The van der Waals surface area contributed by atoms with Gasteiger partial charge in [-0.25, -0.2) is 13.2 Å². The largest absolute Gasteiger partial charge is 0.423 e. The van der Waals surface area contributed by atoms with Crippen LogP contribution in [0.3, 0.4) is 0 Å². The molecule has 0 saturated carbocycles. The molecule has 0 bridgehead atoms. The summed E-state index contributed by atoms with van der Waals surface area (Å²) in [7, 11) is -3.71. The predicted octanol–water partition coefficient (Wildman–Crippen LogP) is 4.15. The van der Waals surface area contributed by atoms with E-state index in [-0.39, 0.29) is 10.5 Å². The molecule has 1 aliphatic heterocycles. The zero-order valence-electron chi connectivity index (χ0n) is 16.3. The summed E-state index contributed by atoms with van der Waals surface area (Å²) in [5.74, 6) is -0.210. The molecule has 8 heteroatoms. The Kier molecular flexibility index (Phi) is 5.92. The molecule has 0 amide bonds. The van der Waals surface area contributed by atoms with E-state index in [0.717, 1.165) is 15.2 Å². The van der Waals surface area contributed by atoms with E-state index in [1.165, 1.54) is 10.4 Å². The highest BCUT2D eigenvalue weighted by Crippen LogP contribution is 2.26. The second-order valence-electron chi connectivity index (χ2n) is 7.04. The lowest BCUT2D eigenvalue weighted by Crippen LogP contribution is -2.40. The van der Waals surface area contributed by atoms with Crippen LogP contribution >= 0.6 is 15.9 Å². The van der Waals surface area contributed by atoms with Crippen molar-refractivity contribution in [1.82, 2.24) is 4.31 Å². The minimum absolute atomic E-state index is 0.113. The summed E-state index contributed by atoms with van der Waals surface area (Å²) in [6.07, 6.45) is 0. The van der Waals surface area contributed by atoms with Crippen molar-refractivity contribution in [1.29, 1.82) is 0 Å². The van der Waals surface area contributed by atoms with E-state index < -0.39 is 16.0 Å². The van der Waals surface area contributed by atoms with Crippen LogP contribution in [0.4, 0.5) is 0 Å². The molecule has 1 heterocycles. The predicted molar refractivity (Wildman–Crippen MR) is 117 cm³/mol. The van der Waals surface area contributed by atoms with Gasteiger partial charge in [0.05, 0.1) is 23.7 Å². The van der Waals surface area contributed by atoms with Crippen LogP contribution in [0.1, 0.15) is 15.9 Å². The van der Waals surface area contributed by atoms with E-state index in [1.54, 1.807) is 31.2 Å².